The molecule has 5 rings (SSSR count). The molecule has 26 heavy (non-hydrogen) atoms. The molecule has 0 N–H and O–H groups in total. The fraction of sp³-hybridized carbons (Fsp3) is 0.478. The molecule has 3 heterocycles. The molecule has 0 bridgehead atoms. The SMILES string of the molecule is Cc1ncc(CCC2CCCC2)c(-c2cn3c4c(cccc24)CCC3)n1. The van der Waals surface area contributed by atoms with E-state index in [1.165, 1.54) is 78.2 Å². The van der Waals surface area contributed by atoms with E-state index in [-0.39, 0.29) is 0 Å². The maximum atomic E-state index is 4.91. The van der Waals surface area contributed by atoms with Crippen LogP contribution in [0.3, 0.4) is 0 Å². The van der Waals surface area contributed by atoms with Gasteiger partial charge in [-0.15, -0.1) is 0 Å². The van der Waals surface area contributed by atoms with E-state index in [1.54, 1.807) is 0 Å². The van der Waals surface area contributed by atoms with E-state index in [0.29, 0.717) is 0 Å². The summed E-state index contributed by atoms with van der Waals surface area (Å²) in [6, 6.07) is 6.77. The van der Waals surface area contributed by atoms with Gasteiger partial charge in [-0.25, -0.2) is 9.97 Å². The number of nitrogens with zero attached hydrogens (tertiary/aromatic N) is 3. The fourth-order valence-electron chi connectivity index (χ4n) is 5.01. The first-order valence-electron chi connectivity index (χ1n) is 10.2. The Hall–Kier alpha value is -2.16. The van der Waals surface area contributed by atoms with Gasteiger partial charge in [-0.3, -0.25) is 0 Å². The number of aromatic nitrogens is 3. The van der Waals surface area contributed by atoms with E-state index in [4.69, 9.17) is 4.98 Å². The normalized spacial score (nSPS) is 17.3. The minimum atomic E-state index is 0.872. The van der Waals surface area contributed by atoms with Crippen molar-refractivity contribution < 1.29 is 0 Å². The minimum Gasteiger partial charge on any atom is -0.347 e. The molecule has 0 spiro atoms. The Morgan fingerprint density at radius 2 is 2.04 bits per heavy atom. The summed E-state index contributed by atoms with van der Waals surface area (Å²) in [5, 5.41) is 1.36. The van der Waals surface area contributed by atoms with Gasteiger partial charge in [-0.1, -0.05) is 43.9 Å². The van der Waals surface area contributed by atoms with E-state index in [9.17, 15) is 0 Å². The van der Waals surface area contributed by atoms with Gasteiger partial charge in [-0.05, 0) is 49.7 Å². The molecule has 3 nitrogen and oxygen atoms in total. The summed E-state index contributed by atoms with van der Waals surface area (Å²) in [4.78, 5) is 9.44. The molecule has 0 atom stereocenters. The largest absolute Gasteiger partial charge is 0.347 e. The van der Waals surface area contributed by atoms with Crippen molar-refractivity contribution in [2.75, 3.05) is 0 Å². The first-order chi connectivity index (χ1) is 12.8. The zero-order chi connectivity index (χ0) is 17.5. The Morgan fingerprint density at radius 3 is 2.92 bits per heavy atom. The monoisotopic (exact) mass is 345 g/mol. The van der Waals surface area contributed by atoms with Crippen molar-refractivity contribution in [1.29, 1.82) is 0 Å². The van der Waals surface area contributed by atoms with E-state index in [2.05, 4.69) is 40.1 Å². The average molecular weight is 345 g/mol. The lowest BCUT2D eigenvalue weighted by molar-refractivity contribution is 0.503. The summed E-state index contributed by atoms with van der Waals surface area (Å²) in [6.45, 7) is 3.13. The van der Waals surface area contributed by atoms with Crippen LogP contribution < -0.4 is 0 Å². The van der Waals surface area contributed by atoms with Crippen molar-refractivity contribution in [2.45, 2.75) is 64.8 Å². The van der Waals surface area contributed by atoms with E-state index < -0.39 is 0 Å². The van der Waals surface area contributed by atoms with Crippen LogP contribution in [0.2, 0.25) is 0 Å². The molecule has 0 amide bonds. The van der Waals surface area contributed by atoms with Gasteiger partial charge in [0.1, 0.15) is 5.82 Å². The third-order valence-electron chi connectivity index (χ3n) is 6.36. The molecule has 1 saturated carbocycles. The molecule has 1 aliphatic heterocycles. The Balaban J connectivity index is 1.58. The maximum absolute atomic E-state index is 4.91. The third kappa shape index (κ3) is 2.74. The summed E-state index contributed by atoms with van der Waals surface area (Å²) in [5.41, 5.74) is 6.70. The predicted molar refractivity (Wildman–Crippen MR) is 106 cm³/mol. The van der Waals surface area contributed by atoms with Crippen LogP contribution in [-0.4, -0.2) is 14.5 Å². The second-order valence-corrected chi connectivity index (χ2v) is 8.13. The van der Waals surface area contributed by atoms with Gasteiger partial charge in [0.2, 0.25) is 0 Å². The lowest BCUT2D eigenvalue weighted by atomic mass is 9.95. The predicted octanol–water partition coefficient (Wildman–Crippen LogP) is 5.48. The highest BCUT2D eigenvalue weighted by molar-refractivity contribution is 5.97. The summed E-state index contributed by atoms with van der Waals surface area (Å²) in [6.07, 6.45) is 14.9. The van der Waals surface area contributed by atoms with Crippen LogP contribution in [0.1, 0.15) is 55.5 Å². The summed E-state index contributed by atoms with van der Waals surface area (Å²) in [5.74, 6) is 1.77. The number of para-hydroxylation sites is 1. The zero-order valence-corrected chi connectivity index (χ0v) is 15.7. The molecule has 3 heteroatoms. The van der Waals surface area contributed by atoms with Gasteiger partial charge >= 0.3 is 0 Å². The summed E-state index contributed by atoms with van der Waals surface area (Å²) in [7, 11) is 0. The minimum absolute atomic E-state index is 0.872. The van der Waals surface area contributed by atoms with Gasteiger partial charge in [0.25, 0.3) is 0 Å². The lowest BCUT2D eigenvalue weighted by Gasteiger charge is -2.14. The molecule has 2 aromatic heterocycles. The van der Waals surface area contributed by atoms with E-state index in [1.807, 2.05) is 6.92 Å². The Morgan fingerprint density at radius 1 is 1.15 bits per heavy atom. The molecule has 0 unspecified atom stereocenters. The maximum Gasteiger partial charge on any atom is 0.125 e. The summed E-state index contributed by atoms with van der Waals surface area (Å²) >= 11 is 0. The molecular weight excluding hydrogens is 318 g/mol. The Bertz CT molecular complexity index is 947. The molecule has 1 aromatic carbocycles. The molecule has 0 saturated heterocycles. The van der Waals surface area contributed by atoms with Crippen molar-refractivity contribution in [1.82, 2.24) is 14.5 Å². The lowest BCUT2D eigenvalue weighted by Crippen LogP contribution is -2.05. The van der Waals surface area contributed by atoms with Crippen LogP contribution in [0.15, 0.2) is 30.6 Å². The number of rotatable bonds is 4. The Labute approximate surface area is 155 Å². The zero-order valence-electron chi connectivity index (χ0n) is 15.7. The first-order valence-corrected chi connectivity index (χ1v) is 10.2. The van der Waals surface area contributed by atoms with Gasteiger partial charge in [0.05, 0.1) is 11.2 Å². The van der Waals surface area contributed by atoms with Crippen LogP contribution >= 0.6 is 0 Å². The van der Waals surface area contributed by atoms with Crippen LogP contribution in [0.25, 0.3) is 22.2 Å². The highest BCUT2D eigenvalue weighted by Gasteiger charge is 2.21. The number of hydrogen-bond donors (Lipinski definition) is 0. The van der Waals surface area contributed by atoms with Crippen molar-refractivity contribution in [2.24, 2.45) is 5.92 Å². The third-order valence-corrected chi connectivity index (χ3v) is 6.36. The van der Waals surface area contributed by atoms with Crippen LogP contribution in [0, 0.1) is 12.8 Å². The first kappa shape index (κ1) is 16.0. The van der Waals surface area contributed by atoms with Crippen LogP contribution in [-0.2, 0) is 19.4 Å². The van der Waals surface area contributed by atoms with E-state index in [0.717, 1.165) is 24.7 Å². The molecule has 0 radical (unpaired) electrons. The number of aryl methyl sites for hydroxylation is 4. The molecule has 134 valence electrons. The second-order valence-electron chi connectivity index (χ2n) is 8.13. The molecule has 1 aliphatic carbocycles. The Kier molecular flexibility index (Phi) is 4.03. The van der Waals surface area contributed by atoms with Crippen molar-refractivity contribution in [3.8, 4) is 11.3 Å². The molecule has 3 aromatic rings. The topological polar surface area (TPSA) is 30.7 Å². The van der Waals surface area contributed by atoms with E-state index >= 15 is 0 Å². The highest BCUT2D eigenvalue weighted by atomic mass is 15.0. The fourth-order valence-corrected chi connectivity index (χ4v) is 5.01. The average Bonchev–Trinajstić information content (AvgIpc) is 3.30. The van der Waals surface area contributed by atoms with Gasteiger partial charge < -0.3 is 4.57 Å². The molecule has 1 fully saturated rings. The second kappa shape index (κ2) is 6.53. The van der Waals surface area contributed by atoms with Gasteiger partial charge in [0, 0.05) is 29.9 Å². The smallest absolute Gasteiger partial charge is 0.125 e. The van der Waals surface area contributed by atoms with Crippen LogP contribution in [0.4, 0.5) is 0 Å². The van der Waals surface area contributed by atoms with Crippen molar-refractivity contribution in [3.05, 3.63) is 47.5 Å². The number of hydrogen-bond acceptors (Lipinski definition) is 2. The summed E-state index contributed by atoms with van der Waals surface area (Å²) < 4.78 is 2.45. The van der Waals surface area contributed by atoms with Crippen molar-refractivity contribution in [3.63, 3.8) is 0 Å². The van der Waals surface area contributed by atoms with Crippen LogP contribution in [0.5, 0.6) is 0 Å². The number of benzene rings is 1. The van der Waals surface area contributed by atoms with Gasteiger partial charge in [-0.2, -0.15) is 0 Å². The highest BCUT2D eigenvalue weighted by Crippen LogP contribution is 2.37. The quantitative estimate of drug-likeness (QED) is 0.627. The molecule has 2 aliphatic rings. The molecular formula is C23H27N3. The van der Waals surface area contributed by atoms with Crippen molar-refractivity contribution >= 4 is 10.9 Å². The van der Waals surface area contributed by atoms with Gasteiger partial charge in [0.15, 0.2) is 0 Å². The standard InChI is InChI=1S/C23H27N3/c1-16-24-14-19(12-11-17-6-2-3-7-17)22(25-16)21-15-26-13-5-9-18-8-4-10-20(21)23(18)26/h4,8,10,14-15,17H,2-3,5-7,9,11-13H2,1H3.